The fourth-order valence-electron chi connectivity index (χ4n) is 2.58. The van der Waals surface area contributed by atoms with Crippen molar-refractivity contribution < 1.29 is 41.8 Å². The molecular weight excluding hydrogens is 490 g/mol. The third kappa shape index (κ3) is 6.38. The van der Waals surface area contributed by atoms with E-state index in [9.17, 15) is 27.6 Å². The first-order valence-electron chi connectivity index (χ1n) is 9.29. The van der Waals surface area contributed by atoms with Gasteiger partial charge >= 0.3 is 17.9 Å². The number of hydrogen-bond acceptors (Lipinski definition) is 11. The number of ether oxygens (including phenoxy) is 3. The van der Waals surface area contributed by atoms with Gasteiger partial charge in [-0.15, -0.1) is 11.3 Å². The number of nitriles is 1. The highest BCUT2D eigenvalue weighted by molar-refractivity contribution is 7.91. The molecule has 0 aliphatic carbocycles. The Morgan fingerprint density at radius 2 is 1.79 bits per heavy atom. The van der Waals surface area contributed by atoms with Crippen LogP contribution in [0, 0.1) is 18.3 Å². The van der Waals surface area contributed by atoms with Gasteiger partial charge in [-0.1, -0.05) is 6.07 Å². The highest BCUT2D eigenvalue weighted by Crippen LogP contribution is 2.33. The number of carbonyl (C=O) groups excluding carboxylic acids is 4. The Balaban J connectivity index is 2.05. The van der Waals surface area contributed by atoms with Crippen LogP contribution < -0.4 is 10.0 Å². The normalized spacial score (nSPS) is 10.6. The minimum absolute atomic E-state index is 0.0452. The molecule has 0 aliphatic rings. The molecule has 0 bridgehead atoms. The number of amides is 1. The molecule has 2 aromatic rings. The molecule has 34 heavy (non-hydrogen) atoms. The molecule has 1 heterocycles. The molecule has 1 aromatic heterocycles. The predicted octanol–water partition coefficient (Wildman–Crippen LogP) is 0.962. The summed E-state index contributed by atoms with van der Waals surface area (Å²) >= 11 is 0.479. The number of methoxy groups -OCH3 is 2. The number of carbonyl (C=O) groups is 4. The van der Waals surface area contributed by atoms with Crippen LogP contribution in [0.2, 0.25) is 0 Å². The summed E-state index contributed by atoms with van der Waals surface area (Å²) in [6, 6.07) is 7.94. The van der Waals surface area contributed by atoms with Gasteiger partial charge in [0, 0.05) is 5.69 Å². The molecule has 1 amide bonds. The SMILES string of the molecule is COC(=O)c1sc(S(=O)(=O)NCC(=O)OCC(=O)Nc2cccc(C#N)c2)c(C(=O)OC)c1C. The Morgan fingerprint density at radius 1 is 1.12 bits per heavy atom. The standard InChI is InChI=1S/C20H19N3O9S2/c1-11-16(18(26)30-2)20(33-17(11)19(27)31-3)34(28,29)22-9-15(25)32-10-14(24)23-13-6-4-5-12(7-13)8-21/h4-7,22H,9-10H2,1-3H3,(H,23,24). The summed E-state index contributed by atoms with van der Waals surface area (Å²) in [7, 11) is -2.31. The Kier molecular flexibility index (Phi) is 8.84. The van der Waals surface area contributed by atoms with Gasteiger partial charge in [0.1, 0.15) is 11.4 Å². The lowest BCUT2D eigenvalue weighted by Gasteiger charge is -2.08. The molecule has 1 aromatic carbocycles. The van der Waals surface area contributed by atoms with Crippen LogP contribution in [0.25, 0.3) is 0 Å². The monoisotopic (exact) mass is 509 g/mol. The lowest BCUT2D eigenvalue weighted by atomic mass is 10.2. The summed E-state index contributed by atoms with van der Waals surface area (Å²) in [4.78, 5) is 47.8. The lowest BCUT2D eigenvalue weighted by molar-refractivity contribution is -0.146. The molecule has 0 fully saturated rings. The molecule has 0 atom stereocenters. The molecule has 12 nitrogen and oxygen atoms in total. The van der Waals surface area contributed by atoms with E-state index in [2.05, 4.69) is 14.8 Å². The zero-order valence-electron chi connectivity index (χ0n) is 18.2. The highest BCUT2D eigenvalue weighted by atomic mass is 32.2. The minimum Gasteiger partial charge on any atom is -0.465 e. The Morgan fingerprint density at radius 3 is 2.41 bits per heavy atom. The van der Waals surface area contributed by atoms with Gasteiger partial charge in [-0.05, 0) is 30.7 Å². The second kappa shape index (κ2) is 11.4. The van der Waals surface area contributed by atoms with E-state index in [1.165, 1.54) is 25.1 Å². The largest absolute Gasteiger partial charge is 0.465 e. The molecule has 0 saturated carbocycles. The van der Waals surface area contributed by atoms with Crippen molar-refractivity contribution in [2.24, 2.45) is 0 Å². The molecule has 14 heteroatoms. The highest BCUT2D eigenvalue weighted by Gasteiger charge is 2.33. The number of esters is 3. The number of thiophene rings is 1. The topological polar surface area (TPSA) is 178 Å². The average Bonchev–Trinajstić information content (AvgIpc) is 3.18. The van der Waals surface area contributed by atoms with Crippen molar-refractivity contribution in [2.45, 2.75) is 11.1 Å². The third-order valence-corrected chi connectivity index (χ3v) is 7.36. The molecule has 2 N–H and O–H groups in total. The number of rotatable bonds is 9. The van der Waals surface area contributed by atoms with Gasteiger partial charge in [-0.3, -0.25) is 9.59 Å². The number of benzene rings is 1. The van der Waals surface area contributed by atoms with Crippen molar-refractivity contribution in [1.82, 2.24) is 4.72 Å². The van der Waals surface area contributed by atoms with Crippen molar-refractivity contribution in [3.63, 3.8) is 0 Å². The van der Waals surface area contributed by atoms with Crippen LogP contribution in [0.3, 0.4) is 0 Å². The summed E-state index contributed by atoms with van der Waals surface area (Å²) in [5, 5.41) is 11.3. The fourth-order valence-corrected chi connectivity index (χ4v) is 5.34. The van der Waals surface area contributed by atoms with Crippen LogP contribution in [-0.2, 0) is 33.8 Å². The van der Waals surface area contributed by atoms with Crippen LogP contribution in [0.4, 0.5) is 5.69 Å². The van der Waals surface area contributed by atoms with Crippen molar-refractivity contribution in [1.29, 1.82) is 5.26 Å². The maximum Gasteiger partial charge on any atom is 0.348 e. The van der Waals surface area contributed by atoms with Gasteiger partial charge in [-0.25, -0.2) is 18.0 Å². The molecule has 0 unspecified atom stereocenters. The molecular formula is C20H19N3O9S2. The van der Waals surface area contributed by atoms with E-state index in [0.29, 0.717) is 22.6 Å². The summed E-state index contributed by atoms with van der Waals surface area (Å²) in [5.74, 6) is -3.63. The van der Waals surface area contributed by atoms with E-state index in [0.717, 1.165) is 14.2 Å². The van der Waals surface area contributed by atoms with Gasteiger partial charge in [-0.2, -0.15) is 9.98 Å². The smallest absolute Gasteiger partial charge is 0.348 e. The molecule has 0 spiro atoms. The molecule has 0 radical (unpaired) electrons. The zero-order valence-corrected chi connectivity index (χ0v) is 19.8. The number of sulfonamides is 1. The van der Waals surface area contributed by atoms with Crippen molar-refractivity contribution >= 4 is 50.9 Å². The lowest BCUT2D eigenvalue weighted by Crippen LogP contribution is -2.32. The minimum atomic E-state index is -4.45. The Hall–Kier alpha value is -3.80. The van der Waals surface area contributed by atoms with Gasteiger partial charge in [0.05, 0.1) is 31.4 Å². The van der Waals surface area contributed by atoms with Crippen LogP contribution in [0.5, 0.6) is 0 Å². The fraction of sp³-hybridized carbons (Fsp3) is 0.250. The summed E-state index contributed by atoms with van der Waals surface area (Å²) in [5.41, 5.74) is 0.303. The van der Waals surface area contributed by atoms with Crippen LogP contribution in [0.1, 0.15) is 31.2 Å². The second-order valence-corrected chi connectivity index (χ2v) is 9.41. The van der Waals surface area contributed by atoms with E-state index >= 15 is 0 Å². The van der Waals surface area contributed by atoms with E-state index in [-0.39, 0.29) is 16.0 Å². The zero-order chi connectivity index (χ0) is 25.5. The number of nitrogens with one attached hydrogen (secondary N) is 2. The van der Waals surface area contributed by atoms with Crippen LogP contribution >= 0.6 is 11.3 Å². The van der Waals surface area contributed by atoms with Crippen LogP contribution in [-0.4, -0.2) is 59.6 Å². The van der Waals surface area contributed by atoms with Gasteiger partial charge in [0.25, 0.3) is 15.9 Å². The molecule has 180 valence electrons. The number of anilines is 1. The van der Waals surface area contributed by atoms with E-state index in [1.807, 2.05) is 10.8 Å². The van der Waals surface area contributed by atoms with Crippen LogP contribution in [0.15, 0.2) is 28.5 Å². The van der Waals surface area contributed by atoms with Gasteiger partial charge in [0.2, 0.25) is 0 Å². The first kappa shape index (κ1) is 26.5. The summed E-state index contributed by atoms with van der Waals surface area (Å²) in [6.07, 6.45) is 0. The first-order valence-corrected chi connectivity index (χ1v) is 11.6. The maximum atomic E-state index is 12.7. The predicted molar refractivity (Wildman–Crippen MR) is 118 cm³/mol. The summed E-state index contributed by atoms with van der Waals surface area (Å²) < 4.78 is 40.8. The Bertz CT molecular complexity index is 1280. The van der Waals surface area contributed by atoms with Crippen molar-refractivity contribution in [3.05, 3.63) is 45.8 Å². The maximum absolute atomic E-state index is 12.7. The first-order chi connectivity index (χ1) is 16.0. The van der Waals surface area contributed by atoms with Crippen molar-refractivity contribution in [2.75, 3.05) is 32.7 Å². The molecule has 0 saturated heterocycles. The van der Waals surface area contributed by atoms with E-state index in [4.69, 9.17) is 10.00 Å². The summed E-state index contributed by atoms with van der Waals surface area (Å²) in [6.45, 7) is -0.215. The molecule has 0 aliphatic heterocycles. The van der Waals surface area contributed by atoms with Crippen molar-refractivity contribution in [3.8, 4) is 6.07 Å². The number of hydrogen-bond donors (Lipinski definition) is 2. The number of nitrogens with zero attached hydrogens (tertiary/aromatic N) is 1. The Labute approximate surface area is 198 Å². The second-order valence-electron chi connectivity index (χ2n) is 6.43. The van der Waals surface area contributed by atoms with Gasteiger partial charge < -0.3 is 19.5 Å². The van der Waals surface area contributed by atoms with Gasteiger partial charge in [0.15, 0.2) is 10.8 Å². The van der Waals surface area contributed by atoms with E-state index < -0.39 is 51.2 Å². The van der Waals surface area contributed by atoms with E-state index in [1.54, 1.807) is 6.07 Å². The average molecular weight is 510 g/mol. The quantitative estimate of drug-likeness (QED) is 0.365. The molecule has 2 rings (SSSR count). The third-order valence-electron chi connectivity index (χ3n) is 4.17.